The molecule has 0 bridgehead atoms. The van der Waals surface area contributed by atoms with E-state index in [1.807, 2.05) is 19.0 Å². The molecule has 0 radical (unpaired) electrons. The van der Waals surface area contributed by atoms with Gasteiger partial charge in [-0.05, 0) is 32.6 Å². The first-order valence-corrected chi connectivity index (χ1v) is 9.25. The molecule has 1 fully saturated rings. The molecule has 3 N–H and O–H groups in total. The van der Waals surface area contributed by atoms with Crippen LogP contribution in [0.1, 0.15) is 28.8 Å². The van der Waals surface area contributed by atoms with Gasteiger partial charge in [-0.3, -0.25) is 14.5 Å². The van der Waals surface area contributed by atoms with Gasteiger partial charge >= 0.3 is 0 Å². The van der Waals surface area contributed by atoms with Crippen LogP contribution in [0.25, 0.3) is 10.8 Å². The Morgan fingerprint density at radius 1 is 1.38 bits per heavy atom. The van der Waals surface area contributed by atoms with Crippen molar-refractivity contribution in [2.24, 2.45) is 5.73 Å². The maximum absolute atomic E-state index is 11.9. The second-order valence-corrected chi connectivity index (χ2v) is 7.09. The van der Waals surface area contributed by atoms with E-state index in [0.717, 1.165) is 6.42 Å². The van der Waals surface area contributed by atoms with Gasteiger partial charge in [0.1, 0.15) is 12.4 Å². The van der Waals surface area contributed by atoms with E-state index in [-0.39, 0.29) is 17.5 Å². The number of benzene rings is 1. The molecule has 1 saturated heterocycles. The van der Waals surface area contributed by atoms with Crippen molar-refractivity contribution in [1.82, 2.24) is 15.2 Å². The SMILES string of the molecule is COc1cc2c(OC[C@@H]3CCC(=O)N3)ncc(C#CCN(C)C)c2cc1C(N)=O. The zero-order valence-corrected chi connectivity index (χ0v) is 16.7. The lowest BCUT2D eigenvalue weighted by Gasteiger charge is -2.15. The predicted octanol–water partition coefficient (Wildman–Crippen LogP) is 0.913. The van der Waals surface area contributed by atoms with Crippen molar-refractivity contribution in [3.05, 3.63) is 29.5 Å². The number of fused-ring (bicyclic) bond motifs is 1. The molecule has 0 unspecified atom stereocenters. The van der Waals surface area contributed by atoms with Crippen LogP contribution in [0.4, 0.5) is 0 Å². The van der Waals surface area contributed by atoms with E-state index in [9.17, 15) is 9.59 Å². The van der Waals surface area contributed by atoms with Crippen molar-refractivity contribution >= 4 is 22.6 Å². The number of hydrogen-bond acceptors (Lipinski definition) is 6. The molecule has 3 rings (SSSR count). The highest BCUT2D eigenvalue weighted by molar-refractivity contribution is 6.03. The monoisotopic (exact) mass is 396 g/mol. The Balaban J connectivity index is 2.03. The van der Waals surface area contributed by atoms with Crippen LogP contribution in [-0.4, -0.2) is 62.1 Å². The number of rotatable bonds is 6. The van der Waals surface area contributed by atoms with Gasteiger partial charge in [-0.1, -0.05) is 11.8 Å². The van der Waals surface area contributed by atoms with Gasteiger partial charge in [0.25, 0.3) is 5.91 Å². The van der Waals surface area contributed by atoms with Crippen LogP contribution in [0.15, 0.2) is 18.3 Å². The maximum atomic E-state index is 11.9. The second-order valence-electron chi connectivity index (χ2n) is 7.09. The minimum atomic E-state index is -0.594. The average Bonchev–Trinajstić information content (AvgIpc) is 3.10. The average molecular weight is 396 g/mol. The molecule has 1 aliphatic heterocycles. The number of nitrogens with two attached hydrogens (primary N) is 1. The summed E-state index contributed by atoms with van der Waals surface area (Å²) >= 11 is 0. The molecule has 2 amide bonds. The number of methoxy groups -OCH3 is 1. The molecule has 8 nitrogen and oxygen atoms in total. The molecule has 1 aromatic heterocycles. The summed E-state index contributed by atoms with van der Waals surface area (Å²) in [7, 11) is 5.33. The smallest absolute Gasteiger partial charge is 0.252 e. The Bertz CT molecular complexity index is 1010. The number of ether oxygens (including phenoxy) is 2. The van der Waals surface area contributed by atoms with Crippen molar-refractivity contribution < 1.29 is 19.1 Å². The first-order chi connectivity index (χ1) is 13.9. The largest absolute Gasteiger partial charge is 0.496 e. The van der Waals surface area contributed by atoms with Crippen molar-refractivity contribution in [1.29, 1.82) is 0 Å². The second kappa shape index (κ2) is 8.80. The molecule has 152 valence electrons. The fraction of sp³-hybridized carbons (Fsp3) is 0.381. The Morgan fingerprint density at radius 2 is 2.17 bits per heavy atom. The summed E-state index contributed by atoms with van der Waals surface area (Å²) in [5.41, 5.74) is 6.44. The Morgan fingerprint density at radius 3 is 2.79 bits per heavy atom. The molecule has 1 aromatic carbocycles. The van der Waals surface area contributed by atoms with Crippen LogP contribution in [0.5, 0.6) is 11.6 Å². The zero-order valence-electron chi connectivity index (χ0n) is 16.7. The fourth-order valence-corrected chi connectivity index (χ4v) is 3.09. The number of carbonyl (C=O) groups is 2. The molecule has 2 heterocycles. The van der Waals surface area contributed by atoms with E-state index in [1.165, 1.54) is 7.11 Å². The normalized spacial score (nSPS) is 15.7. The van der Waals surface area contributed by atoms with Crippen LogP contribution in [0.2, 0.25) is 0 Å². The third-order valence-electron chi connectivity index (χ3n) is 4.56. The van der Waals surface area contributed by atoms with E-state index in [1.54, 1.807) is 18.3 Å². The lowest BCUT2D eigenvalue weighted by molar-refractivity contribution is -0.119. The minimum absolute atomic E-state index is 0.0238. The molecule has 1 aliphatic rings. The molecule has 0 aliphatic carbocycles. The van der Waals surface area contributed by atoms with Crippen molar-refractivity contribution in [2.75, 3.05) is 34.4 Å². The van der Waals surface area contributed by atoms with Gasteiger partial charge in [0.15, 0.2) is 0 Å². The highest BCUT2D eigenvalue weighted by atomic mass is 16.5. The van der Waals surface area contributed by atoms with Gasteiger partial charge < -0.3 is 20.5 Å². The van der Waals surface area contributed by atoms with E-state index in [4.69, 9.17) is 15.2 Å². The molecular weight excluding hydrogens is 372 g/mol. The Kier molecular flexibility index (Phi) is 6.20. The van der Waals surface area contributed by atoms with Crippen molar-refractivity contribution in [3.8, 4) is 23.5 Å². The fourth-order valence-electron chi connectivity index (χ4n) is 3.09. The number of pyridine rings is 1. The lowest BCUT2D eigenvalue weighted by Crippen LogP contribution is -2.31. The molecule has 2 aromatic rings. The summed E-state index contributed by atoms with van der Waals surface area (Å²) in [6.45, 7) is 0.888. The summed E-state index contributed by atoms with van der Waals surface area (Å²) in [6.07, 6.45) is 2.84. The molecule has 8 heteroatoms. The number of hydrogen-bond donors (Lipinski definition) is 2. The molecule has 0 saturated carbocycles. The van der Waals surface area contributed by atoms with Crippen LogP contribution >= 0.6 is 0 Å². The predicted molar refractivity (Wildman–Crippen MR) is 109 cm³/mol. The highest BCUT2D eigenvalue weighted by Gasteiger charge is 2.22. The number of nitrogens with zero attached hydrogens (tertiary/aromatic N) is 2. The highest BCUT2D eigenvalue weighted by Crippen LogP contribution is 2.33. The van der Waals surface area contributed by atoms with Crippen LogP contribution in [0.3, 0.4) is 0 Å². The maximum Gasteiger partial charge on any atom is 0.252 e. The van der Waals surface area contributed by atoms with Crippen LogP contribution in [0, 0.1) is 11.8 Å². The number of nitrogens with one attached hydrogen (secondary N) is 1. The van der Waals surface area contributed by atoms with Crippen molar-refractivity contribution in [2.45, 2.75) is 18.9 Å². The van der Waals surface area contributed by atoms with E-state index >= 15 is 0 Å². The quantitative estimate of drug-likeness (QED) is 0.703. The third kappa shape index (κ3) is 4.76. The lowest BCUT2D eigenvalue weighted by atomic mass is 10.0. The van der Waals surface area contributed by atoms with E-state index < -0.39 is 5.91 Å². The standard InChI is InChI=1S/C21H24N4O4/c1-25(2)8-4-5-13-11-23-21(29-12-14-6-7-19(26)24-14)16-10-18(28-3)17(20(22)27)9-15(13)16/h9-11,14H,6-8,12H2,1-3H3,(H2,22,27)(H,24,26)/t14-/m0/s1. The zero-order chi connectivity index (χ0) is 21.0. The van der Waals surface area contributed by atoms with E-state index in [2.05, 4.69) is 22.1 Å². The van der Waals surface area contributed by atoms with Crippen LogP contribution < -0.4 is 20.5 Å². The van der Waals surface area contributed by atoms with Crippen LogP contribution in [-0.2, 0) is 4.79 Å². The van der Waals surface area contributed by atoms with Crippen molar-refractivity contribution in [3.63, 3.8) is 0 Å². The summed E-state index contributed by atoms with van der Waals surface area (Å²) in [4.78, 5) is 29.6. The summed E-state index contributed by atoms with van der Waals surface area (Å²) in [5.74, 6) is 6.32. The van der Waals surface area contributed by atoms with Gasteiger partial charge in [0, 0.05) is 23.4 Å². The topological polar surface area (TPSA) is 107 Å². The van der Waals surface area contributed by atoms with Gasteiger partial charge in [-0.15, -0.1) is 0 Å². The Hall–Kier alpha value is -3.31. The first-order valence-electron chi connectivity index (χ1n) is 9.25. The molecule has 0 spiro atoms. The summed E-state index contributed by atoms with van der Waals surface area (Å²) < 4.78 is 11.2. The number of carbonyl (C=O) groups excluding carboxylic acids is 2. The van der Waals surface area contributed by atoms with E-state index in [0.29, 0.717) is 47.5 Å². The minimum Gasteiger partial charge on any atom is -0.496 e. The summed E-state index contributed by atoms with van der Waals surface area (Å²) in [6, 6.07) is 3.29. The number of amides is 2. The number of primary amides is 1. The summed E-state index contributed by atoms with van der Waals surface area (Å²) in [5, 5.41) is 4.22. The third-order valence-corrected chi connectivity index (χ3v) is 4.56. The molecular formula is C21H24N4O4. The number of aromatic nitrogens is 1. The van der Waals surface area contributed by atoms with Gasteiger partial charge in [-0.25, -0.2) is 4.98 Å². The van der Waals surface area contributed by atoms with Gasteiger partial charge in [0.2, 0.25) is 11.8 Å². The Labute approximate surface area is 169 Å². The van der Waals surface area contributed by atoms with Gasteiger partial charge in [0.05, 0.1) is 30.8 Å². The molecule has 29 heavy (non-hydrogen) atoms. The first kappa shape index (κ1) is 20.4. The van der Waals surface area contributed by atoms with Gasteiger partial charge in [-0.2, -0.15) is 0 Å². The molecule has 1 atom stereocenters.